The number of ether oxygens (including phenoxy) is 1. The first-order valence-electron chi connectivity index (χ1n) is 11.1. The summed E-state index contributed by atoms with van der Waals surface area (Å²) in [6.07, 6.45) is 1.31. The summed E-state index contributed by atoms with van der Waals surface area (Å²) in [5.74, 6) is -0.170. The van der Waals surface area contributed by atoms with Crippen LogP contribution in [0.3, 0.4) is 0 Å². The van der Waals surface area contributed by atoms with Crippen molar-refractivity contribution in [3.8, 4) is 5.75 Å². The molecule has 2 aromatic carbocycles. The summed E-state index contributed by atoms with van der Waals surface area (Å²) in [4.78, 5) is 13.2. The van der Waals surface area contributed by atoms with Crippen LogP contribution in [0.15, 0.2) is 35.2 Å². The molecular formula is C25H34N2O4S. The Balaban J connectivity index is 1.76. The van der Waals surface area contributed by atoms with Gasteiger partial charge in [-0.3, -0.25) is 4.79 Å². The van der Waals surface area contributed by atoms with Crippen LogP contribution >= 0.6 is 0 Å². The van der Waals surface area contributed by atoms with Gasteiger partial charge in [-0.2, -0.15) is 4.31 Å². The number of methoxy groups -OCH3 is 1. The summed E-state index contributed by atoms with van der Waals surface area (Å²) >= 11 is 0. The van der Waals surface area contributed by atoms with Gasteiger partial charge in [0.25, 0.3) is 0 Å². The second-order valence-corrected chi connectivity index (χ2v) is 10.8. The zero-order chi connectivity index (χ0) is 23.6. The second-order valence-electron chi connectivity index (χ2n) is 8.88. The minimum absolute atomic E-state index is 0.105. The molecule has 1 N–H and O–H groups in total. The standard InChI is InChI=1S/C25H34N2O4S/c1-16-9-10-23(31-6)24(12-16)32(29,30)27-11-7-8-21(15-27)25(28)26-20(5)22-14-18(3)17(2)13-19(22)4/h9-10,12-14,20-21H,7-8,11,15H2,1-6H3,(H,26,28)/t20-,21-/m0/s1. The van der Waals surface area contributed by atoms with Crippen molar-refractivity contribution in [2.75, 3.05) is 20.2 Å². The molecule has 1 heterocycles. The number of sulfonamides is 1. The van der Waals surface area contributed by atoms with E-state index in [2.05, 4.69) is 38.2 Å². The first-order chi connectivity index (χ1) is 15.0. The molecule has 2 atom stereocenters. The molecule has 0 radical (unpaired) electrons. The van der Waals surface area contributed by atoms with Gasteiger partial charge in [0, 0.05) is 13.1 Å². The van der Waals surface area contributed by atoms with Gasteiger partial charge >= 0.3 is 0 Å². The second kappa shape index (κ2) is 9.63. The van der Waals surface area contributed by atoms with Gasteiger partial charge in [0.1, 0.15) is 10.6 Å². The minimum atomic E-state index is -3.76. The van der Waals surface area contributed by atoms with Crippen molar-refractivity contribution in [2.24, 2.45) is 5.92 Å². The highest BCUT2D eigenvalue weighted by Gasteiger charge is 2.35. The molecule has 0 saturated carbocycles. The molecule has 0 aliphatic carbocycles. The van der Waals surface area contributed by atoms with Crippen molar-refractivity contribution in [1.29, 1.82) is 0 Å². The van der Waals surface area contributed by atoms with Crippen LogP contribution in [0.2, 0.25) is 0 Å². The zero-order valence-electron chi connectivity index (χ0n) is 19.9. The predicted molar refractivity (Wildman–Crippen MR) is 126 cm³/mol. The van der Waals surface area contributed by atoms with Crippen LogP contribution in [-0.2, 0) is 14.8 Å². The zero-order valence-corrected chi connectivity index (χ0v) is 20.7. The van der Waals surface area contributed by atoms with Gasteiger partial charge in [0.15, 0.2) is 0 Å². The molecule has 1 fully saturated rings. The molecule has 0 spiro atoms. The Hall–Kier alpha value is -2.38. The Bertz CT molecular complexity index is 1110. The fourth-order valence-electron chi connectivity index (χ4n) is 4.36. The SMILES string of the molecule is COc1ccc(C)cc1S(=O)(=O)N1CCC[C@H](C(=O)N[C@@H](C)c2cc(C)c(C)cc2C)C1. The largest absolute Gasteiger partial charge is 0.495 e. The number of aryl methyl sites for hydroxylation is 4. The lowest BCUT2D eigenvalue weighted by Crippen LogP contribution is -2.45. The number of nitrogens with one attached hydrogen (secondary N) is 1. The average Bonchev–Trinajstić information content (AvgIpc) is 2.76. The van der Waals surface area contributed by atoms with Crippen LogP contribution in [0.5, 0.6) is 5.75 Å². The maximum absolute atomic E-state index is 13.4. The van der Waals surface area contributed by atoms with E-state index in [1.165, 1.54) is 22.5 Å². The lowest BCUT2D eigenvalue weighted by molar-refractivity contribution is -0.126. The minimum Gasteiger partial charge on any atom is -0.495 e. The lowest BCUT2D eigenvalue weighted by atomic mass is 9.95. The van der Waals surface area contributed by atoms with Gasteiger partial charge in [-0.25, -0.2) is 8.42 Å². The van der Waals surface area contributed by atoms with E-state index >= 15 is 0 Å². The van der Waals surface area contributed by atoms with Gasteiger partial charge in [-0.15, -0.1) is 0 Å². The van der Waals surface area contributed by atoms with Gasteiger partial charge < -0.3 is 10.1 Å². The van der Waals surface area contributed by atoms with E-state index in [-0.39, 0.29) is 29.3 Å². The molecule has 1 aliphatic rings. The highest BCUT2D eigenvalue weighted by Crippen LogP contribution is 2.31. The summed E-state index contributed by atoms with van der Waals surface area (Å²) in [5, 5.41) is 3.11. The maximum Gasteiger partial charge on any atom is 0.246 e. The predicted octanol–water partition coefficient (Wildman–Crippen LogP) is 4.21. The highest BCUT2D eigenvalue weighted by molar-refractivity contribution is 7.89. The normalized spacial score (nSPS) is 18.2. The Morgan fingerprint density at radius 2 is 1.78 bits per heavy atom. The Morgan fingerprint density at radius 1 is 1.09 bits per heavy atom. The van der Waals surface area contributed by atoms with Gasteiger partial charge in [-0.1, -0.05) is 18.2 Å². The Morgan fingerprint density at radius 3 is 2.47 bits per heavy atom. The maximum atomic E-state index is 13.4. The Kier molecular flexibility index (Phi) is 7.30. The highest BCUT2D eigenvalue weighted by atomic mass is 32.2. The van der Waals surface area contributed by atoms with Crippen molar-refractivity contribution in [1.82, 2.24) is 9.62 Å². The molecule has 0 aromatic heterocycles. The van der Waals surface area contributed by atoms with Crippen molar-refractivity contribution in [2.45, 2.75) is 58.4 Å². The van der Waals surface area contributed by atoms with E-state index in [1.54, 1.807) is 12.1 Å². The summed E-state index contributed by atoms with van der Waals surface area (Å²) in [6, 6.07) is 9.23. The fraction of sp³-hybridized carbons (Fsp3) is 0.480. The molecule has 32 heavy (non-hydrogen) atoms. The third-order valence-electron chi connectivity index (χ3n) is 6.40. The molecule has 6 nitrogen and oxygen atoms in total. The number of hydrogen-bond acceptors (Lipinski definition) is 4. The van der Waals surface area contributed by atoms with Crippen LogP contribution in [0.1, 0.15) is 53.6 Å². The summed E-state index contributed by atoms with van der Waals surface area (Å²) < 4.78 is 33.4. The number of amides is 1. The molecule has 0 unspecified atom stereocenters. The average molecular weight is 459 g/mol. The summed E-state index contributed by atoms with van der Waals surface area (Å²) in [6.45, 7) is 10.6. The van der Waals surface area contributed by atoms with Crippen molar-refractivity contribution in [3.05, 3.63) is 58.1 Å². The number of carbonyl (C=O) groups is 1. The summed E-state index contributed by atoms with van der Waals surface area (Å²) in [7, 11) is -2.30. The monoisotopic (exact) mass is 458 g/mol. The molecule has 0 bridgehead atoms. The smallest absolute Gasteiger partial charge is 0.246 e. The van der Waals surface area contributed by atoms with Crippen LogP contribution in [0.4, 0.5) is 0 Å². The van der Waals surface area contributed by atoms with Crippen molar-refractivity contribution >= 4 is 15.9 Å². The van der Waals surface area contributed by atoms with Crippen LogP contribution < -0.4 is 10.1 Å². The number of hydrogen-bond donors (Lipinski definition) is 1. The summed E-state index contributed by atoms with van der Waals surface area (Å²) in [5.41, 5.74) is 5.48. The quantitative estimate of drug-likeness (QED) is 0.704. The molecule has 1 aliphatic heterocycles. The first-order valence-corrected chi connectivity index (χ1v) is 12.5. The molecule has 7 heteroatoms. The fourth-order valence-corrected chi connectivity index (χ4v) is 6.12. The molecular weight excluding hydrogens is 424 g/mol. The lowest BCUT2D eigenvalue weighted by Gasteiger charge is -2.32. The van der Waals surface area contributed by atoms with E-state index < -0.39 is 10.0 Å². The topological polar surface area (TPSA) is 75.7 Å². The van der Waals surface area contributed by atoms with Gasteiger partial charge in [-0.05, 0) is 87.4 Å². The molecule has 1 saturated heterocycles. The molecule has 174 valence electrons. The van der Waals surface area contributed by atoms with Crippen LogP contribution in [0, 0.1) is 33.6 Å². The third-order valence-corrected chi connectivity index (χ3v) is 8.29. The van der Waals surface area contributed by atoms with Crippen LogP contribution in [0.25, 0.3) is 0 Å². The number of rotatable bonds is 6. The number of carbonyl (C=O) groups excluding carboxylic acids is 1. The van der Waals surface area contributed by atoms with E-state index in [0.717, 1.165) is 16.7 Å². The molecule has 1 amide bonds. The van der Waals surface area contributed by atoms with Crippen LogP contribution in [-0.4, -0.2) is 38.8 Å². The van der Waals surface area contributed by atoms with Crippen molar-refractivity contribution < 1.29 is 17.9 Å². The first kappa shape index (κ1) is 24.3. The van der Waals surface area contributed by atoms with E-state index in [1.807, 2.05) is 19.9 Å². The van der Waals surface area contributed by atoms with Gasteiger partial charge in [0.05, 0.1) is 19.1 Å². The van der Waals surface area contributed by atoms with E-state index in [9.17, 15) is 13.2 Å². The van der Waals surface area contributed by atoms with E-state index in [4.69, 9.17) is 4.74 Å². The molecule has 3 rings (SSSR count). The number of piperidine rings is 1. The number of benzene rings is 2. The van der Waals surface area contributed by atoms with Gasteiger partial charge in [0.2, 0.25) is 15.9 Å². The van der Waals surface area contributed by atoms with E-state index in [0.29, 0.717) is 25.1 Å². The van der Waals surface area contributed by atoms with Crippen molar-refractivity contribution in [3.63, 3.8) is 0 Å². The molecule has 2 aromatic rings. The third kappa shape index (κ3) is 4.99. The Labute approximate surface area is 192 Å². The number of nitrogens with zero attached hydrogens (tertiary/aromatic N) is 1.